The van der Waals surface area contributed by atoms with Gasteiger partial charge in [-0.3, -0.25) is 20.0 Å². The van der Waals surface area contributed by atoms with Crippen LogP contribution in [-0.2, 0) is 0 Å². The van der Waals surface area contributed by atoms with Crippen molar-refractivity contribution in [1.82, 2.24) is 15.6 Å². The molecule has 0 fully saturated rings. The van der Waals surface area contributed by atoms with E-state index in [1.54, 1.807) is 37.3 Å². The molecule has 0 aliphatic rings. The smallest absolute Gasteiger partial charge is 0.272 e. The zero-order valence-electron chi connectivity index (χ0n) is 14.4. The Morgan fingerprint density at radius 2 is 2.00 bits per heavy atom. The molecule has 1 aromatic heterocycles. The third-order valence-corrected chi connectivity index (χ3v) is 4.38. The maximum atomic E-state index is 12.3. The summed E-state index contributed by atoms with van der Waals surface area (Å²) in [7, 11) is 0. The summed E-state index contributed by atoms with van der Waals surface area (Å²) in [4.78, 5) is 22.6. The van der Waals surface area contributed by atoms with Crippen LogP contribution in [0.2, 0.25) is 10.0 Å². The van der Waals surface area contributed by atoms with Gasteiger partial charge in [0.25, 0.3) is 11.6 Å². The van der Waals surface area contributed by atoms with Gasteiger partial charge in [0, 0.05) is 28.3 Å². The van der Waals surface area contributed by atoms with E-state index in [1.165, 1.54) is 18.2 Å². The molecule has 0 aliphatic carbocycles. The summed E-state index contributed by atoms with van der Waals surface area (Å²) < 4.78 is 0. The van der Waals surface area contributed by atoms with Gasteiger partial charge in [-0.05, 0) is 31.2 Å². The lowest BCUT2D eigenvalue weighted by molar-refractivity contribution is -0.384. The van der Waals surface area contributed by atoms with Crippen molar-refractivity contribution in [3.8, 4) is 11.3 Å². The quantitative estimate of drug-likeness (QED) is 0.362. The Hall–Kier alpha value is -3.23. The Morgan fingerprint density at radius 1 is 1.21 bits per heavy atom. The Morgan fingerprint density at radius 3 is 2.71 bits per heavy atom. The van der Waals surface area contributed by atoms with Crippen LogP contribution in [0.4, 0.5) is 5.69 Å². The van der Waals surface area contributed by atoms with E-state index in [4.69, 9.17) is 23.2 Å². The number of non-ortho nitro benzene ring substituents is 1. The van der Waals surface area contributed by atoms with Crippen molar-refractivity contribution in [2.24, 2.45) is 5.10 Å². The molecule has 142 valence electrons. The summed E-state index contributed by atoms with van der Waals surface area (Å²) in [5.74, 6) is -0.520. The molecule has 1 heterocycles. The van der Waals surface area contributed by atoms with Crippen molar-refractivity contribution in [3.63, 3.8) is 0 Å². The number of hydrazone groups is 1. The lowest BCUT2D eigenvalue weighted by Crippen LogP contribution is -2.19. The number of nitro groups is 1. The molecule has 2 N–H and O–H groups in total. The number of nitro benzene ring substituents is 1. The third kappa shape index (κ3) is 4.36. The van der Waals surface area contributed by atoms with Gasteiger partial charge in [-0.15, -0.1) is 0 Å². The summed E-state index contributed by atoms with van der Waals surface area (Å²) in [6.45, 7) is 1.63. The third-order valence-electron chi connectivity index (χ3n) is 3.83. The number of halogens is 2. The Bertz CT molecular complexity index is 1090. The van der Waals surface area contributed by atoms with Crippen molar-refractivity contribution in [2.45, 2.75) is 6.92 Å². The molecule has 10 heteroatoms. The number of carbonyl (C=O) groups is 1. The molecule has 0 bridgehead atoms. The minimum absolute atomic E-state index is 0.0589. The number of hydrogen-bond donors (Lipinski definition) is 2. The van der Waals surface area contributed by atoms with E-state index in [9.17, 15) is 14.9 Å². The monoisotopic (exact) mass is 417 g/mol. The highest BCUT2D eigenvalue weighted by Gasteiger charge is 2.13. The average molecular weight is 418 g/mol. The van der Waals surface area contributed by atoms with Gasteiger partial charge in [-0.2, -0.15) is 10.2 Å². The summed E-state index contributed by atoms with van der Waals surface area (Å²) >= 11 is 12.0. The van der Waals surface area contributed by atoms with Crippen molar-refractivity contribution in [3.05, 3.63) is 79.9 Å². The molecular formula is C18H13Cl2N5O3. The van der Waals surface area contributed by atoms with E-state index in [2.05, 4.69) is 20.7 Å². The van der Waals surface area contributed by atoms with Gasteiger partial charge in [0.1, 0.15) is 5.69 Å². The first-order chi connectivity index (χ1) is 13.3. The van der Waals surface area contributed by atoms with Crippen LogP contribution in [-0.4, -0.2) is 26.7 Å². The van der Waals surface area contributed by atoms with Crippen LogP contribution in [0.1, 0.15) is 23.0 Å². The SMILES string of the molecule is CC(=NNC(=O)c1cc(-c2ccc(Cl)cc2Cl)n[nH]1)c1cccc([N+](=O)[O-])c1. The van der Waals surface area contributed by atoms with Crippen LogP contribution < -0.4 is 5.43 Å². The second kappa shape index (κ2) is 8.20. The van der Waals surface area contributed by atoms with Crippen LogP contribution in [0.15, 0.2) is 53.6 Å². The molecule has 0 spiro atoms. The fourth-order valence-corrected chi connectivity index (χ4v) is 2.88. The predicted octanol–water partition coefficient (Wildman–Crippen LogP) is 4.45. The summed E-state index contributed by atoms with van der Waals surface area (Å²) in [5.41, 5.74) is 4.54. The molecule has 8 nitrogen and oxygen atoms in total. The maximum Gasteiger partial charge on any atom is 0.289 e. The Kier molecular flexibility index (Phi) is 5.72. The van der Waals surface area contributed by atoms with Crippen molar-refractivity contribution < 1.29 is 9.72 Å². The van der Waals surface area contributed by atoms with E-state index in [0.717, 1.165) is 0 Å². The molecule has 3 aromatic rings. The molecule has 1 amide bonds. The van der Waals surface area contributed by atoms with Crippen LogP contribution in [0.3, 0.4) is 0 Å². The molecule has 0 saturated heterocycles. The van der Waals surface area contributed by atoms with Gasteiger partial charge in [0.2, 0.25) is 0 Å². The number of rotatable bonds is 5. The van der Waals surface area contributed by atoms with Gasteiger partial charge >= 0.3 is 0 Å². The van der Waals surface area contributed by atoms with Crippen LogP contribution >= 0.6 is 23.2 Å². The molecule has 3 rings (SSSR count). The van der Waals surface area contributed by atoms with E-state index in [1.807, 2.05) is 0 Å². The van der Waals surface area contributed by atoms with Crippen LogP contribution in [0, 0.1) is 10.1 Å². The highest BCUT2D eigenvalue weighted by Crippen LogP contribution is 2.29. The number of amides is 1. The number of nitrogens with zero attached hydrogens (tertiary/aromatic N) is 3. The van der Waals surface area contributed by atoms with Crippen molar-refractivity contribution >= 4 is 40.5 Å². The average Bonchev–Trinajstić information content (AvgIpc) is 3.15. The van der Waals surface area contributed by atoms with Gasteiger partial charge < -0.3 is 0 Å². The number of aromatic nitrogens is 2. The number of H-pyrrole nitrogens is 1. The molecular weight excluding hydrogens is 405 g/mol. The minimum Gasteiger partial charge on any atom is -0.272 e. The molecule has 0 atom stereocenters. The normalized spacial score (nSPS) is 11.3. The minimum atomic E-state index is -0.520. The van der Waals surface area contributed by atoms with Gasteiger partial charge in [-0.1, -0.05) is 35.3 Å². The second-order valence-corrected chi connectivity index (χ2v) is 6.58. The van der Waals surface area contributed by atoms with Gasteiger partial charge in [0.15, 0.2) is 0 Å². The highest BCUT2D eigenvalue weighted by atomic mass is 35.5. The number of aromatic amines is 1. The largest absolute Gasteiger partial charge is 0.289 e. The fourth-order valence-electron chi connectivity index (χ4n) is 2.38. The van der Waals surface area contributed by atoms with E-state index < -0.39 is 10.8 Å². The first-order valence-electron chi connectivity index (χ1n) is 7.95. The zero-order valence-corrected chi connectivity index (χ0v) is 16.0. The molecule has 0 radical (unpaired) electrons. The zero-order chi connectivity index (χ0) is 20.3. The number of nitrogens with one attached hydrogen (secondary N) is 2. The summed E-state index contributed by atoms with van der Waals surface area (Å²) in [6.07, 6.45) is 0. The van der Waals surface area contributed by atoms with E-state index in [-0.39, 0.29) is 11.4 Å². The van der Waals surface area contributed by atoms with E-state index >= 15 is 0 Å². The number of benzene rings is 2. The summed E-state index contributed by atoms with van der Waals surface area (Å²) in [6, 6.07) is 12.4. The maximum absolute atomic E-state index is 12.3. The Labute approximate surface area is 169 Å². The van der Waals surface area contributed by atoms with Crippen LogP contribution in [0.5, 0.6) is 0 Å². The predicted molar refractivity (Wildman–Crippen MR) is 107 cm³/mol. The molecule has 0 unspecified atom stereocenters. The van der Waals surface area contributed by atoms with E-state index in [0.29, 0.717) is 32.6 Å². The van der Waals surface area contributed by atoms with Gasteiger partial charge in [0.05, 0.1) is 21.4 Å². The van der Waals surface area contributed by atoms with Crippen LogP contribution in [0.25, 0.3) is 11.3 Å². The number of hydrogen-bond acceptors (Lipinski definition) is 5. The molecule has 2 aromatic carbocycles. The first-order valence-corrected chi connectivity index (χ1v) is 8.71. The first kappa shape index (κ1) is 19.5. The Balaban J connectivity index is 1.75. The lowest BCUT2D eigenvalue weighted by atomic mass is 10.1. The lowest BCUT2D eigenvalue weighted by Gasteiger charge is -2.02. The highest BCUT2D eigenvalue weighted by molar-refractivity contribution is 6.36. The molecule has 0 aliphatic heterocycles. The second-order valence-electron chi connectivity index (χ2n) is 5.74. The fraction of sp³-hybridized carbons (Fsp3) is 0.0556. The topological polar surface area (TPSA) is 113 Å². The van der Waals surface area contributed by atoms with Crippen molar-refractivity contribution in [2.75, 3.05) is 0 Å². The van der Waals surface area contributed by atoms with Crippen molar-refractivity contribution in [1.29, 1.82) is 0 Å². The standard InChI is InChI=1S/C18H13Cl2N5O3/c1-10(11-3-2-4-13(7-11)25(27)28)21-24-18(26)17-9-16(22-23-17)14-6-5-12(19)8-15(14)20/h2-9H,1H3,(H,22,23)(H,24,26). The summed E-state index contributed by atoms with van der Waals surface area (Å²) in [5, 5.41) is 22.4. The van der Waals surface area contributed by atoms with Gasteiger partial charge in [-0.25, -0.2) is 5.43 Å². The molecule has 0 saturated carbocycles. The number of carbonyl (C=O) groups excluding carboxylic acids is 1. The molecule has 28 heavy (non-hydrogen) atoms.